The summed E-state index contributed by atoms with van der Waals surface area (Å²) in [5, 5.41) is 0. The Labute approximate surface area is 108 Å². The minimum absolute atomic E-state index is 0.114. The lowest BCUT2D eigenvalue weighted by Crippen LogP contribution is -2.32. The summed E-state index contributed by atoms with van der Waals surface area (Å²) in [6.45, 7) is 6.24. The third kappa shape index (κ3) is 2.61. The standard InChI is InChI=1S/C13H21N5/c1-13(2,8-17(3)4)9-18-11-10(16-12(18)14)6-5-7-15-11/h5-7H,8-9H2,1-4H3,(H2,14,16). The van der Waals surface area contributed by atoms with Crippen molar-refractivity contribution in [3.8, 4) is 0 Å². The number of nitrogen functional groups attached to an aromatic ring is 1. The molecule has 0 aliphatic carbocycles. The average Bonchev–Trinajstić information content (AvgIpc) is 2.53. The first-order valence-electron chi connectivity index (χ1n) is 6.10. The van der Waals surface area contributed by atoms with Crippen molar-refractivity contribution in [1.82, 2.24) is 19.4 Å². The van der Waals surface area contributed by atoms with Gasteiger partial charge in [-0.3, -0.25) is 4.57 Å². The molecular weight excluding hydrogens is 226 g/mol. The molecule has 5 heteroatoms. The lowest BCUT2D eigenvalue weighted by molar-refractivity contribution is 0.214. The van der Waals surface area contributed by atoms with E-state index in [1.165, 1.54) is 0 Å². The van der Waals surface area contributed by atoms with Crippen LogP contribution in [0.1, 0.15) is 13.8 Å². The monoisotopic (exact) mass is 247 g/mol. The van der Waals surface area contributed by atoms with Crippen LogP contribution in [0.4, 0.5) is 5.95 Å². The fourth-order valence-corrected chi connectivity index (χ4v) is 2.47. The van der Waals surface area contributed by atoms with Gasteiger partial charge in [0.15, 0.2) is 5.65 Å². The van der Waals surface area contributed by atoms with Crippen molar-refractivity contribution in [2.45, 2.75) is 20.4 Å². The Morgan fingerprint density at radius 2 is 2.11 bits per heavy atom. The second-order valence-electron chi connectivity index (χ2n) is 5.80. The van der Waals surface area contributed by atoms with E-state index in [-0.39, 0.29) is 5.41 Å². The number of hydrogen-bond donors (Lipinski definition) is 1. The molecule has 0 bridgehead atoms. The molecule has 0 fully saturated rings. The SMILES string of the molecule is CN(C)CC(C)(C)Cn1c(N)nc2cccnc21. The second-order valence-corrected chi connectivity index (χ2v) is 5.80. The third-order valence-electron chi connectivity index (χ3n) is 2.86. The van der Waals surface area contributed by atoms with Crippen molar-refractivity contribution in [3.05, 3.63) is 18.3 Å². The van der Waals surface area contributed by atoms with Crippen molar-refractivity contribution in [2.24, 2.45) is 5.41 Å². The molecule has 0 spiro atoms. The van der Waals surface area contributed by atoms with Gasteiger partial charge in [-0.1, -0.05) is 13.8 Å². The zero-order chi connectivity index (χ0) is 13.3. The molecule has 2 heterocycles. The zero-order valence-electron chi connectivity index (χ0n) is 11.5. The predicted octanol–water partition coefficient (Wildman–Crippen LogP) is 1.60. The van der Waals surface area contributed by atoms with Crippen molar-refractivity contribution >= 4 is 17.1 Å². The van der Waals surface area contributed by atoms with Crippen LogP contribution in [0.5, 0.6) is 0 Å². The fraction of sp³-hybridized carbons (Fsp3) is 0.538. The molecule has 2 rings (SSSR count). The number of nitrogens with zero attached hydrogens (tertiary/aromatic N) is 4. The molecule has 98 valence electrons. The predicted molar refractivity (Wildman–Crippen MR) is 74.3 cm³/mol. The molecule has 0 radical (unpaired) electrons. The minimum atomic E-state index is 0.114. The van der Waals surface area contributed by atoms with Crippen LogP contribution in [-0.4, -0.2) is 40.1 Å². The number of hydrogen-bond acceptors (Lipinski definition) is 4. The van der Waals surface area contributed by atoms with E-state index >= 15 is 0 Å². The van der Waals surface area contributed by atoms with Crippen LogP contribution in [0.3, 0.4) is 0 Å². The first-order valence-corrected chi connectivity index (χ1v) is 6.10. The normalized spacial score (nSPS) is 12.5. The highest BCUT2D eigenvalue weighted by atomic mass is 15.2. The fourth-order valence-electron chi connectivity index (χ4n) is 2.47. The minimum Gasteiger partial charge on any atom is -0.369 e. The number of nitrogens with two attached hydrogens (primary N) is 1. The van der Waals surface area contributed by atoms with E-state index in [1.54, 1.807) is 6.20 Å². The highest BCUT2D eigenvalue weighted by Crippen LogP contribution is 2.24. The lowest BCUT2D eigenvalue weighted by atomic mass is 9.93. The van der Waals surface area contributed by atoms with Crippen LogP contribution in [0, 0.1) is 5.41 Å². The van der Waals surface area contributed by atoms with Crippen molar-refractivity contribution in [1.29, 1.82) is 0 Å². The Bertz CT molecular complexity index is 541. The number of pyridine rings is 1. The van der Waals surface area contributed by atoms with Gasteiger partial charge in [0.2, 0.25) is 5.95 Å². The Kier molecular flexibility index (Phi) is 3.26. The molecule has 2 N–H and O–H groups in total. The summed E-state index contributed by atoms with van der Waals surface area (Å²) in [6, 6.07) is 3.82. The van der Waals surface area contributed by atoms with Crippen molar-refractivity contribution < 1.29 is 0 Å². The molecule has 5 nitrogen and oxygen atoms in total. The molecule has 18 heavy (non-hydrogen) atoms. The van der Waals surface area contributed by atoms with E-state index in [0.717, 1.165) is 24.3 Å². The third-order valence-corrected chi connectivity index (χ3v) is 2.86. The lowest BCUT2D eigenvalue weighted by Gasteiger charge is -2.29. The Balaban J connectivity index is 2.34. The van der Waals surface area contributed by atoms with Crippen LogP contribution in [-0.2, 0) is 6.54 Å². The highest BCUT2D eigenvalue weighted by Gasteiger charge is 2.22. The number of rotatable bonds is 4. The second kappa shape index (κ2) is 4.57. The van der Waals surface area contributed by atoms with Crippen LogP contribution in [0.25, 0.3) is 11.2 Å². The summed E-state index contributed by atoms with van der Waals surface area (Å²) in [5.41, 5.74) is 7.82. The Morgan fingerprint density at radius 1 is 1.39 bits per heavy atom. The summed E-state index contributed by atoms with van der Waals surface area (Å²) in [7, 11) is 4.16. The van der Waals surface area contributed by atoms with Crippen LogP contribution in [0.2, 0.25) is 0 Å². The quantitative estimate of drug-likeness (QED) is 0.891. The largest absolute Gasteiger partial charge is 0.369 e. The van der Waals surface area contributed by atoms with E-state index in [4.69, 9.17) is 5.73 Å². The summed E-state index contributed by atoms with van der Waals surface area (Å²) < 4.78 is 2.00. The van der Waals surface area contributed by atoms with Gasteiger partial charge < -0.3 is 10.6 Å². The van der Waals surface area contributed by atoms with Gasteiger partial charge in [-0.2, -0.15) is 0 Å². The van der Waals surface area contributed by atoms with Gasteiger partial charge in [-0.25, -0.2) is 9.97 Å². The maximum absolute atomic E-state index is 5.99. The van der Waals surface area contributed by atoms with Crippen LogP contribution >= 0.6 is 0 Å². The highest BCUT2D eigenvalue weighted by molar-refractivity contribution is 5.73. The Morgan fingerprint density at radius 3 is 2.78 bits per heavy atom. The van der Waals surface area contributed by atoms with Gasteiger partial charge in [-0.15, -0.1) is 0 Å². The number of fused-ring (bicyclic) bond motifs is 1. The van der Waals surface area contributed by atoms with E-state index in [2.05, 4.69) is 42.8 Å². The van der Waals surface area contributed by atoms with Gasteiger partial charge in [-0.05, 0) is 31.6 Å². The van der Waals surface area contributed by atoms with E-state index in [9.17, 15) is 0 Å². The van der Waals surface area contributed by atoms with Crippen molar-refractivity contribution in [2.75, 3.05) is 26.4 Å². The first-order chi connectivity index (χ1) is 8.39. The van der Waals surface area contributed by atoms with Gasteiger partial charge in [0.1, 0.15) is 5.52 Å². The summed E-state index contributed by atoms with van der Waals surface area (Å²) >= 11 is 0. The molecule has 0 aliphatic heterocycles. The number of imidazole rings is 1. The molecule has 0 atom stereocenters. The van der Waals surface area contributed by atoms with E-state index < -0.39 is 0 Å². The van der Waals surface area contributed by atoms with Gasteiger partial charge in [0, 0.05) is 19.3 Å². The number of aromatic nitrogens is 3. The topological polar surface area (TPSA) is 60.0 Å². The van der Waals surface area contributed by atoms with Crippen LogP contribution in [0.15, 0.2) is 18.3 Å². The van der Waals surface area contributed by atoms with Gasteiger partial charge >= 0.3 is 0 Å². The summed E-state index contributed by atoms with van der Waals surface area (Å²) in [5.74, 6) is 0.538. The average molecular weight is 247 g/mol. The summed E-state index contributed by atoms with van der Waals surface area (Å²) in [4.78, 5) is 10.9. The van der Waals surface area contributed by atoms with Gasteiger partial charge in [0.25, 0.3) is 0 Å². The Hall–Kier alpha value is -1.62. The van der Waals surface area contributed by atoms with E-state index in [1.807, 2.05) is 16.7 Å². The molecule has 0 saturated heterocycles. The molecule has 0 unspecified atom stereocenters. The molecule has 2 aromatic rings. The maximum atomic E-state index is 5.99. The molecule has 0 amide bonds. The van der Waals surface area contributed by atoms with Gasteiger partial charge in [0.05, 0.1) is 0 Å². The molecular formula is C13H21N5. The molecule has 0 aromatic carbocycles. The first kappa shape index (κ1) is 12.8. The molecule has 2 aromatic heterocycles. The van der Waals surface area contributed by atoms with Crippen LogP contribution < -0.4 is 5.73 Å². The number of anilines is 1. The zero-order valence-corrected chi connectivity index (χ0v) is 11.5. The summed E-state index contributed by atoms with van der Waals surface area (Å²) in [6.07, 6.45) is 1.78. The molecule has 0 aliphatic rings. The smallest absolute Gasteiger partial charge is 0.202 e. The van der Waals surface area contributed by atoms with E-state index in [0.29, 0.717) is 5.95 Å². The molecule has 0 saturated carbocycles. The maximum Gasteiger partial charge on any atom is 0.202 e. The van der Waals surface area contributed by atoms with Crippen molar-refractivity contribution in [3.63, 3.8) is 0 Å².